The molecule has 0 aliphatic rings. The number of fused-ring (bicyclic) bond motifs is 1. The summed E-state index contributed by atoms with van der Waals surface area (Å²) in [5.74, 6) is 0. The zero-order valence-electron chi connectivity index (χ0n) is 11.9. The first-order valence-corrected chi connectivity index (χ1v) is 8.30. The third kappa shape index (κ3) is 2.75. The van der Waals surface area contributed by atoms with E-state index in [0.29, 0.717) is 16.7 Å². The van der Waals surface area contributed by atoms with Gasteiger partial charge in [0.05, 0.1) is 15.9 Å². The lowest BCUT2D eigenvalue weighted by Gasteiger charge is -2.09. The molecule has 2 aromatic carbocycles. The molecule has 0 bridgehead atoms. The van der Waals surface area contributed by atoms with Crippen LogP contribution in [0.1, 0.15) is 12.5 Å². The number of sulfonamides is 1. The van der Waals surface area contributed by atoms with E-state index in [9.17, 15) is 13.2 Å². The molecule has 3 rings (SSSR count). The molecule has 1 aromatic heterocycles. The Labute approximate surface area is 127 Å². The zero-order chi connectivity index (χ0) is 15.7. The SMILES string of the molecule is CCc1cccc(NS(=O)(=O)c2ccc3[nH]c(=O)[nH]c3c2)c1. The number of hydrogen-bond donors (Lipinski definition) is 3. The lowest BCUT2D eigenvalue weighted by molar-refractivity contribution is 0.601. The second-order valence-corrected chi connectivity index (χ2v) is 6.63. The van der Waals surface area contributed by atoms with Gasteiger partial charge in [-0.1, -0.05) is 19.1 Å². The summed E-state index contributed by atoms with van der Waals surface area (Å²) in [7, 11) is -3.71. The van der Waals surface area contributed by atoms with E-state index < -0.39 is 10.0 Å². The summed E-state index contributed by atoms with van der Waals surface area (Å²) in [6, 6.07) is 11.7. The number of rotatable bonds is 4. The van der Waals surface area contributed by atoms with Gasteiger partial charge in [0, 0.05) is 5.69 Å². The summed E-state index contributed by atoms with van der Waals surface area (Å²) in [6.45, 7) is 2.00. The van der Waals surface area contributed by atoms with Crippen LogP contribution in [0.25, 0.3) is 11.0 Å². The van der Waals surface area contributed by atoms with Crippen LogP contribution in [-0.2, 0) is 16.4 Å². The van der Waals surface area contributed by atoms with Crippen molar-refractivity contribution in [3.63, 3.8) is 0 Å². The second kappa shape index (κ2) is 5.34. The van der Waals surface area contributed by atoms with Crippen molar-refractivity contribution >= 4 is 26.7 Å². The van der Waals surface area contributed by atoms with Crippen molar-refractivity contribution in [1.29, 1.82) is 0 Å². The van der Waals surface area contributed by atoms with Gasteiger partial charge in [-0.05, 0) is 42.3 Å². The topological polar surface area (TPSA) is 94.8 Å². The van der Waals surface area contributed by atoms with Crippen LogP contribution < -0.4 is 10.4 Å². The highest BCUT2D eigenvalue weighted by atomic mass is 32.2. The van der Waals surface area contributed by atoms with Crippen molar-refractivity contribution in [2.45, 2.75) is 18.2 Å². The maximum atomic E-state index is 12.4. The maximum Gasteiger partial charge on any atom is 0.323 e. The lowest BCUT2D eigenvalue weighted by atomic mass is 10.1. The summed E-state index contributed by atoms with van der Waals surface area (Å²) in [5, 5.41) is 0. The Morgan fingerprint density at radius 3 is 2.59 bits per heavy atom. The number of aromatic amines is 2. The lowest BCUT2D eigenvalue weighted by Crippen LogP contribution is -2.13. The number of anilines is 1. The van der Waals surface area contributed by atoms with Gasteiger partial charge in [-0.15, -0.1) is 0 Å². The Balaban J connectivity index is 1.98. The molecule has 0 atom stereocenters. The first-order valence-electron chi connectivity index (χ1n) is 6.82. The van der Waals surface area contributed by atoms with Crippen LogP contribution >= 0.6 is 0 Å². The Hall–Kier alpha value is -2.54. The van der Waals surface area contributed by atoms with Gasteiger partial charge in [0.2, 0.25) is 0 Å². The standard InChI is InChI=1S/C15H15N3O3S/c1-2-10-4-3-5-11(8-10)18-22(20,21)12-6-7-13-14(9-12)17-15(19)16-13/h3-9,18H,2H2,1H3,(H2,16,17,19). The highest BCUT2D eigenvalue weighted by Gasteiger charge is 2.15. The average Bonchev–Trinajstić information content (AvgIpc) is 2.86. The van der Waals surface area contributed by atoms with Crippen LogP contribution in [0.3, 0.4) is 0 Å². The highest BCUT2D eigenvalue weighted by Crippen LogP contribution is 2.19. The first kappa shape index (κ1) is 14.4. The van der Waals surface area contributed by atoms with Crippen LogP contribution in [0.5, 0.6) is 0 Å². The number of nitrogens with one attached hydrogen (secondary N) is 3. The molecule has 7 heteroatoms. The molecule has 0 spiro atoms. The minimum Gasteiger partial charge on any atom is -0.306 e. The molecule has 0 radical (unpaired) electrons. The van der Waals surface area contributed by atoms with Crippen molar-refractivity contribution in [3.8, 4) is 0 Å². The van der Waals surface area contributed by atoms with Crippen molar-refractivity contribution in [3.05, 3.63) is 58.5 Å². The van der Waals surface area contributed by atoms with E-state index in [0.717, 1.165) is 12.0 Å². The van der Waals surface area contributed by atoms with Gasteiger partial charge in [0.15, 0.2) is 0 Å². The fourth-order valence-electron chi connectivity index (χ4n) is 2.25. The Morgan fingerprint density at radius 1 is 1.05 bits per heavy atom. The number of benzene rings is 2. The molecule has 22 heavy (non-hydrogen) atoms. The van der Waals surface area contributed by atoms with Gasteiger partial charge in [0.1, 0.15) is 0 Å². The van der Waals surface area contributed by atoms with Crippen LogP contribution in [0.15, 0.2) is 52.2 Å². The number of H-pyrrole nitrogens is 2. The largest absolute Gasteiger partial charge is 0.323 e. The number of aryl methyl sites for hydroxylation is 1. The summed E-state index contributed by atoms with van der Waals surface area (Å²) in [5.41, 5.74) is 2.22. The molecule has 6 nitrogen and oxygen atoms in total. The van der Waals surface area contributed by atoms with Crippen molar-refractivity contribution < 1.29 is 8.42 Å². The molecule has 0 unspecified atom stereocenters. The van der Waals surface area contributed by atoms with Crippen LogP contribution in [-0.4, -0.2) is 18.4 Å². The molecule has 0 fully saturated rings. The van der Waals surface area contributed by atoms with Crippen molar-refractivity contribution in [2.24, 2.45) is 0 Å². The van der Waals surface area contributed by atoms with Gasteiger partial charge in [-0.2, -0.15) is 0 Å². The van der Waals surface area contributed by atoms with Gasteiger partial charge >= 0.3 is 5.69 Å². The van der Waals surface area contributed by atoms with Crippen LogP contribution in [0, 0.1) is 0 Å². The fraction of sp³-hybridized carbons (Fsp3) is 0.133. The number of imidazole rings is 1. The molecule has 1 heterocycles. The van der Waals surface area contributed by atoms with E-state index in [1.54, 1.807) is 18.2 Å². The van der Waals surface area contributed by atoms with Gasteiger partial charge < -0.3 is 9.97 Å². The van der Waals surface area contributed by atoms with Gasteiger partial charge in [-0.3, -0.25) is 4.72 Å². The number of hydrogen-bond acceptors (Lipinski definition) is 3. The molecule has 0 saturated carbocycles. The minimum atomic E-state index is -3.71. The van der Waals surface area contributed by atoms with E-state index in [1.165, 1.54) is 12.1 Å². The van der Waals surface area contributed by atoms with E-state index in [2.05, 4.69) is 14.7 Å². The highest BCUT2D eigenvalue weighted by molar-refractivity contribution is 7.92. The maximum absolute atomic E-state index is 12.4. The van der Waals surface area contributed by atoms with E-state index >= 15 is 0 Å². The van der Waals surface area contributed by atoms with E-state index in [-0.39, 0.29) is 10.6 Å². The third-order valence-electron chi connectivity index (χ3n) is 3.39. The van der Waals surface area contributed by atoms with Gasteiger partial charge in [-0.25, -0.2) is 13.2 Å². The van der Waals surface area contributed by atoms with Crippen LogP contribution in [0.2, 0.25) is 0 Å². The molecule has 3 aromatic rings. The zero-order valence-corrected chi connectivity index (χ0v) is 12.7. The molecule has 3 N–H and O–H groups in total. The first-order chi connectivity index (χ1) is 10.5. The molecule has 0 amide bonds. The summed E-state index contributed by atoms with van der Waals surface area (Å²) in [4.78, 5) is 16.5. The van der Waals surface area contributed by atoms with E-state index in [1.807, 2.05) is 19.1 Å². The summed E-state index contributed by atoms with van der Waals surface area (Å²) in [6.07, 6.45) is 0.826. The third-order valence-corrected chi connectivity index (χ3v) is 4.76. The second-order valence-electron chi connectivity index (χ2n) is 4.95. The Kier molecular flexibility index (Phi) is 3.50. The monoisotopic (exact) mass is 317 g/mol. The molecule has 0 aliphatic heterocycles. The van der Waals surface area contributed by atoms with Crippen molar-refractivity contribution in [2.75, 3.05) is 4.72 Å². The quantitative estimate of drug-likeness (QED) is 0.688. The van der Waals surface area contributed by atoms with Crippen LogP contribution in [0.4, 0.5) is 5.69 Å². The summed E-state index contributed by atoms with van der Waals surface area (Å²) >= 11 is 0. The minimum absolute atomic E-state index is 0.0946. The molecule has 114 valence electrons. The Bertz CT molecular complexity index is 986. The molecular weight excluding hydrogens is 302 g/mol. The fourth-order valence-corrected chi connectivity index (χ4v) is 3.32. The number of aromatic nitrogens is 2. The molecule has 0 saturated heterocycles. The van der Waals surface area contributed by atoms with E-state index in [4.69, 9.17) is 0 Å². The Morgan fingerprint density at radius 2 is 1.82 bits per heavy atom. The summed E-state index contributed by atoms with van der Waals surface area (Å²) < 4.78 is 27.4. The van der Waals surface area contributed by atoms with Gasteiger partial charge in [0.25, 0.3) is 10.0 Å². The van der Waals surface area contributed by atoms with Crippen molar-refractivity contribution in [1.82, 2.24) is 9.97 Å². The smallest absolute Gasteiger partial charge is 0.306 e. The normalized spacial score (nSPS) is 11.7. The molecule has 0 aliphatic carbocycles. The molecular formula is C15H15N3O3S. The predicted molar refractivity (Wildman–Crippen MR) is 85.5 cm³/mol. The predicted octanol–water partition coefficient (Wildman–Crippen LogP) is 2.22. The average molecular weight is 317 g/mol.